The van der Waals surface area contributed by atoms with Crippen LogP contribution in [-0.2, 0) is 38.0 Å². The Bertz CT molecular complexity index is 2790. The zero-order valence-corrected chi connectivity index (χ0v) is 35.9. The van der Waals surface area contributed by atoms with Gasteiger partial charge in [-0.3, -0.25) is 0 Å². The van der Waals surface area contributed by atoms with Crippen LogP contribution in [-0.4, -0.2) is 123 Å². The van der Waals surface area contributed by atoms with Gasteiger partial charge in [-0.1, -0.05) is 7.43 Å². The highest BCUT2D eigenvalue weighted by Gasteiger charge is 2.36. The van der Waals surface area contributed by atoms with Crippen LogP contribution in [0.15, 0.2) is 28.0 Å². The summed E-state index contributed by atoms with van der Waals surface area (Å²) >= 11 is 1.43. The molecule has 0 unspecified atom stereocenters. The summed E-state index contributed by atoms with van der Waals surface area (Å²) in [5.41, 5.74) is -6.27. The molecule has 0 amide bonds. The minimum Gasteiger partial charge on any atom is -0.478 e. The molecule has 0 fully saturated rings. The van der Waals surface area contributed by atoms with Gasteiger partial charge in [0.05, 0.1) is 42.7 Å². The Hall–Kier alpha value is -8.01. The van der Waals surface area contributed by atoms with Crippen molar-refractivity contribution in [1.82, 2.24) is 0 Å². The monoisotopic (exact) mass is 992 g/mol. The highest BCUT2D eigenvalue weighted by Crippen LogP contribution is 2.32. The van der Waals surface area contributed by atoms with Gasteiger partial charge in [0, 0.05) is 11.8 Å². The topological polar surface area (TPSA) is 402 Å². The van der Waals surface area contributed by atoms with Gasteiger partial charge in [0.2, 0.25) is 0 Å². The van der Waals surface area contributed by atoms with E-state index in [9.17, 15) is 67.1 Å². The number of fused-ring (bicyclic) bond motifs is 3. The summed E-state index contributed by atoms with van der Waals surface area (Å²) in [6.07, 6.45) is 0. The van der Waals surface area contributed by atoms with Crippen LogP contribution in [0.25, 0.3) is 20.2 Å². The number of methoxy groups -OCH3 is 6. The van der Waals surface area contributed by atoms with Crippen molar-refractivity contribution in [2.75, 3.05) is 42.7 Å². The Morgan fingerprint density at radius 2 is 0.708 bits per heavy atom. The fraction of sp³-hybridized carbons (Fsp3) is 0.200. The van der Waals surface area contributed by atoms with E-state index in [0.29, 0.717) is 11.3 Å². The number of carbonyl (C=O) groups excluding carboxylic acids is 6. The SMILES string of the molecule is C.COC(=O)C#CC(=O)OC.COC(=O)c1sc(C(=O)OC)c(C(=O)OC)c1C(=O)OC.O=C(O)c1sc(C(=O)O)c(C(=O)O)c1C(=O)O.O=c1oc(=O)c2c1sc1c(=O)oc(=O)c12.S. The average Bonchev–Trinajstić information content (AvgIpc) is 4.06. The maximum Gasteiger partial charge on any atom is 0.384 e. The van der Waals surface area contributed by atoms with E-state index in [2.05, 4.69) is 37.3 Å². The van der Waals surface area contributed by atoms with Crippen LogP contribution in [0, 0.1) is 11.8 Å². The van der Waals surface area contributed by atoms with Crippen molar-refractivity contribution in [2.24, 2.45) is 0 Å². The van der Waals surface area contributed by atoms with E-state index in [0.717, 1.165) is 39.8 Å². The molecular weight excluding hydrogens is 965 g/mol. The summed E-state index contributed by atoms with van der Waals surface area (Å²) in [6, 6.07) is 0. The summed E-state index contributed by atoms with van der Waals surface area (Å²) < 4.78 is 34.9. The predicted molar refractivity (Wildman–Crippen MR) is 222 cm³/mol. The molecule has 0 saturated heterocycles. The number of hydrogen-bond donors (Lipinski definition) is 4. The number of ether oxygens (including phenoxy) is 6. The maximum atomic E-state index is 11.8. The minimum atomic E-state index is -1.80. The van der Waals surface area contributed by atoms with Gasteiger partial charge in [-0.05, 0) is 0 Å². The first kappa shape index (κ1) is 57.0. The third-order valence-corrected chi connectivity index (χ3v) is 10.3. The molecule has 26 nitrogen and oxygen atoms in total. The second-order valence-corrected chi connectivity index (χ2v) is 13.4. The number of carboxylic acid groups (broad SMARTS) is 4. The molecule has 4 N–H and O–H groups in total. The van der Waals surface area contributed by atoms with Crippen molar-refractivity contribution in [2.45, 2.75) is 7.43 Å². The van der Waals surface area contributed by atoms with E-state index < -0.39 is 103 Å². The third-order valence-electron chi connectivity index (χ3n) is 6.85. The summed E-state index contributed by atoms with van der Waals surface area (Å²) in [6.45, 7) is 0. The molecule has 348 valence electrons. The van der Waals surface area contributed by atoms with Gasteiger partial charge in [0.25, 0.3) is 0 Å². The van der Waals surface area contributed by atoms with Gasteiger partial charge in [-0.15, -0.1) is 34.0 Å². The first-order valence-electron chi connectivity index (χ1n) is 15.5. The van der Waals surface area contributed by atoms with E-state index in [4.69, 9.17) is 20.4 Å². The lowest BCUT2D eigenvalue weighted by molar-refractivity contribution is -0.135. The smallest absolute Gasteiger partial charge is 0.384 e. The third kappa shape index (κ3) is 12.8. The number of carbonyl (C=O) groups is 10. The molecule has 0 atom stereocenters. The predicted octanol–water partition coefficient (Wildman–Crippen LogP) is 1.08. The van der Waals surface area contributed by atoms with E-state index in [1.54, 1.807) is 0 Å². The lowest BCUT2D eigenvalue weighted by Gasteiger charge is -2.04. The van der Waals surface area contributed by atoms with Crippen molar-refractivity contribution in [1.29, 1.82) is 0 Å². The zero-order valence-electron chi connectivity index (χ0n) is 32.5. The largest absolute Gasteiger partial charge is 0.478 e. The second kappa shape index (κ2) is 24.6. The Balaban J connectivity index is 0.000000854. The molecule has 30 heteroatoms. The standard InChI is InChI=1S/C12H12O8S.C8H4O8S.C8O6S.C6H6O4.CH4.H2S/c1-17-9(13)5-6(10(14)18-2)8(12(16)20-4)21-7(5)11(15)19-3;9-5(10)1-2(6(11)12)4(8(15)16)17-3(1)7(13)14;9-5-1-2-4(8(12)14-6(2)10)15-3(1)7(11)13-5;1-9-5(7)3-4-6(8)10-2;;/h1-4H3;(H,9,10)(H,11,12)(H,13,14)(H,15,16);;1-2H3;1H4;1H2. The quantitative estimate of drug-likeness (QED) is 0.0731. The molecule has 5 heterocycles. The highest BCUT2D eigenvalue weighted by molar-refractivity contribution is 7.59. The van der Waals surface area contributed by atoms with Crippen LogP contribution < -0.4 is 22.5 Å². The molecule has 0 spiro atoms. The summed E-state index contributed by atoms with van der Waals surface area (Å²) in [4.78, 5) is 153. The van der Waals surface area contributed by atoms with Gasteiger partial charge in [-0.2, -0.15) is 13.5 Å². The Labute approximate surface area is 377 Å². The van der Waals surface area contributed by atoms with Gasteiger partial charge < -0.3 is 57.7 Å². The van der Waals surface area contributed by atoms with E-state index in [-0.39, 0.29) is 73.3 Å². The number of esters is 6. The number of thiophene rings is 3. The Morgan fingerprint density at radius 3 is 0.954 bits per heavy atom. The number of aromatic carboxylic acids is 4. The summed E-state index contributed by atoms with van der Waals surface area (Å²) in [5, 5.41) is 34.5. The lowest BCUT2D eigenvalue weighted by atomic mass is 10.1. The number of rotatable bonds is 8. The normalized spacial score (nSPS) is 9.51. The molecule has 0 aliphatic heterocycles. The van der Waals surface area contributed by atoms with Crippen LogP contribution in [0.4, 0.5) is 0 Å². The van der Waals surface area contributed by atoms with Crippen LogP contribution in [0.3, 0.4) is 0 Å². The van der Waals surface area contributed by atoms with E-state index >= 15 is 0 Å². The minimum absolute atomic E-state index is 0. The molecule has 0 radical (unpaired) electrons. The van der Waals surface area contributed by atoms with Crippen molar-refractivity contribution in [3.63, 3.8) is 0 Å². The fourth-order valence-electron chi connectivity index (χ4n) is 4.31. The molecule has 0 bridgehead atoms. The van der Waals surface area contributed by atoms with Crippen LogP contribution >= 0.6 is 47.5 Å². The number of furan rings is 2. The fourth-order valence-corrected chi connectivity index (χ4v) is 7.42. The average molecular weight is 993 g/mol. The molecule has 65 heavy (non-hydrogen) atoms. The summed E-state index contributed by atoms with van der Waals surface area (Å²) in [5.74, 6) is -8.43. The van der Waals surface area contributed by atoms with Crippen molar-refractivity contribution in [3.05, 3.63) is 83.4 Å². The first-order valence-corrected chi connectivity index (χ1v) is 17.9. The Morgan fingerprint density at radius 1 is 0.415 bits per heavy atom. The van der Waals surface area contributed by atoms with Gasteiger partial charge in [-0.25, -0.2) is 67.1 Å². The van der Waals surface area contributed by atoms with Crippen LogP contribution in [0.5, 0.6) is 0 Å². The van der Waals surface area contributed by atoms with Crippen molar-refractivity contribution >= 4 is 127 Å². The first-order chi connectivity index (χ1) is 29.5. The van der Waals surface area contributed by atoms with Crippen LogP contribution in [0.1, 0.15) is 87.5 Å². The highest BCUT2D eigenvalue weighted by atomic mass is 32.1. The van der Waals surface area contributed by atoms with Gasteiger partial charge in [0.15, 0.2) is 0 Å². The van der Waals surface area contributed by atoms with Crippen molar-refractivity contribution < 1.29 is 106 Å². The Kier molecular flexibility index (Phi) is 21.6. The van der Waals surface area contributed by atoms with Gasteiger partial charge >= 0.3 is 82.2 Å². The number of hydrogen-bond acceptors (Lipinski definition) is 25. The van der Waals surface area contributed by atoms with Gasteiger partial charge in [0.1, 0.15) is 61.9 Å². The molecule has 5 aromatic rings. The molecule has 5 rings (SSSR count). The summed E-state index contributed by atoms with van der Waals surface area (Å²) in [7, 11) is 6.68. The van der Waals surface area contributed by atoms with Crippen molar-refractivity contribution in [3.8, 4) is 11.8 Å². The number of carboxylic acids is 4. The molecular formula is C35H28O26S4. The molecule has 5 aromatic heterocycles. The van der Waals surface area contributed by atoms with E-state index in [1.165, 1.54) is 14.2 Å². The second-order valence-electron chi connectivity index (χ2n) is 10.3. The maximum absolute atomic E-state index is 11.8. The zero-order chi connectivity index (χ0) is 48.2. The van der Waals surface area contributed by atoms with E-state index in [1.807, 2.05) is 11.8 Å². The molecule has 0 aliphatic carbocycles. The molecule has 0 aliphatic rings. The molecule has 0 saturated carbocycles. The molecule has 0 aromatic carbocycles. The van der Waals surface area contributed by atoms with Crippen LogP contribution in [0.2, 0.25) is 0 Å². The lowest BCUT2D eigenvalue weighted by Crippen LogP contribution is -2.16.